The van der Waals surface area contributed by atoms with Crippen LogP contribution in [0.1, 0.15) is 18.4 Å². The minimum Gasteiger partial charge on any atom is -0.426 e. The molecule has 10 heteroatoms. The van der Waals surface area contributed by atoms with Gasteiger partial charge in [-0.25, -0.2) is 4.90 Å². The number of esters is 1. The van der Waals surface area contributed by atoms with E-state index < -0.39 is 11.9 Å². The Balaban J connectivity index is 1.16. The van der Waals surface area contributed by atoms with E-state index in [0.29, 0.717) is 27.7 Å². The number of aryl methyl sites for hydroxylation is 1. The summed E-state index contributed by atoms with van der Waals surface area (Å²) in [6.07, 6.45) is 0.923. The molecule has 2 bridgehead atoms. The van der Waals surface area contributed by atoms with E-state index in [1.54, 1.807) is 49.4 Å². The number of nitrogens with zero attached hydrogens (tertiary/aromatic N) is 2. The van der Waals surface area contributed by atoms with E-state index in [-0.39, 0.29) is 64.0 Å². The number of imide groups is 1. The molecule has 192 valence electrons. The Bertz CT molecular complexity index is 1320. The first-order valence-electron chi connectivity index (χ1n) is 12.2. The first-order chi connectivity index (χ1) is 17.7. The van der Waals surface area contributed by atoms with Crippen molar-refractivity contribution in [3.63, 3.8) is 0 Å². The number of ether oxygens (including phenoxy) is 1. The van der Waals surface area contributed by atoms with Gasteiger partial charge in [-0.3, -0.25) is 19.2 Å². The van der Waals surface area contributed by atoms with E-state index in [4.69, 9.17) is 16.3 Å². The second-order valence-electron chi connectivity index (χ2n) is 10.3. The fourth-order valence-electron chi connectivity index (χ4n) is 6.49. The molecule has 3 amide bonds. The second-order valence-corrected chi connectivity index (χ2v) is 12.8. The van der Waals surface area contributed by atoms with Gasteiger partial charge in [0.05, 0.1) is 23.4 Å². The van der Waals surface area contributed by atoms with Crippen LogP contribution in [-0.2, 0) is 19.2 Å². The van der Waals surface area contributed by atoms with Gasteiger partial charge in [0.1, 0.15) is 5.75 Å². The molecular weight excluding hydrogens is 628 g/mol. The number of hydrogen-bond donors (Lipinski definition) is 0. The molecule has 0 radical (unpaired) electrons. The zero-order chi connectivity index (χ0) is 26.2. The fraction of sp³-hybridized carbons (Fsp3) is 0.407. The predicted octanol–water partition coefficient (Wildman–Crippen LogP) is 4.89. The van der Waals surface area contributed by atoms with Crippen LogP contribution < -0.4 is 14.5 Å². The van der Waals surface area contributed by atoms with E-state index in [9.17, 15) is 19.2 Å². The summed E-state index contributed by atoms with van der Waals surface area (Å²) in [5, 5.41) is 0.511. The average molecular weight is 651 g/mol. The van der Waals surface area contributed by atoms with Crippen molar-refractivity contribution in [1.82, 2.24) is 0 Å². The monoisotopic (exact) mass is 648 g/mol. The summed E-state index contributed by atoms with van der Waals surface area (Å²) in [6.45, 7) is 2.00. The first kappa shape index (κ1) is 25.1. The highest BCUT2D eigenvalue weighted by Gasteiger charge is 2.66. The Hall–Kier alpha value is -2.23. The molecule has 2 aliphatic carbocycles. The van der Waals surface area contributed by atoms with E-state index >= 15 is 0 Å². The smallest absolute Gasteiger partial charge is 0.316 e. The highest BCUT2D eigenvalue weighted by Crippen LogP contribution is 2.60. The Morgan fingerprint density at radius 1 is 1.00 bits per heavy atom. The van der Waals surface area contributed by atoms with Gasteiger partial charge in [0, 0.05) is 33.3 Å². The van der Waals surface area contributed by atoms with Gasteiger partial charge < -0.3 is 9.64 Å². The van der Waals surface area contributed by atoms with Crippen molar-refractivity contribution < 1.29 is 23.9 Å². The van der Waals surface area contributed by atoms with Crippen molar-refractivity contribution in [3.8, 4) is 5.75 Å². The molecule has 0 N–H and O–H groups in total. The van der Waals surface area contributed by atoms with Gasteiger partial charge in [0.15, 0.2) is 0 Å². The molecule has 2 saturated heterocycles. The van der Waals surface area contributed by atoms with Crippen LogP contribution in [0.5, 0.6) is 5.75 Å². The molecule has 6 rings (SSSR count). The van der Waals surface area contributed by atoms with Gasteiger partial charge in [-0.15, -0.1) is 0 Å². The lowest BCUT2D eigenvalue weighted by Gasteiger charge is -2.28. The normalized spacial score (nSPS) is 32.4. The number of carbonyl (C=O) groups is 4. The van der Waals surface area contributed by atoms with Gasteiger partial charge in [-0.05, 0) is 67.1 Å². The number of carbonyl (C=O) groups excluding carboxylic acids is 4. The second kappa shape index (κ2) is 9.20. The van der Waals surface area contributed by atoms with Crippen LogP contribution in [0.3, 0.4) is 0 Å². The summed E-state index contributed by atoms with van der Waals surface area (Å²) in [5.74, 6) is -1.59. The Kier molecular flexibility index (Phi) is 6.24. The maximum atomic E-state index is 13.4. The van der Waals surface area contributed by atoms with Crippen LogP contribution in [0.25, 0.3) is 0 Å². The molecule has 7 atom stereocenters. The molecule has 0 spiro atoms. The van der Waals surface area contributed by atoms with E-state index in [1.807, 2.05) is 0 Å². The summed E-state index contributed by atoms with van der Waals surface area (Å²) < 4.78 is 5.61. The molecule has 7 nitrogen and oxygen atoms in total. The molecular formula is C27H23Br2ClN2O5. The lowest BCUT2D eigenvalue weighted by Crippen LogP contribution is -2.37. The lowest BCUT2D eigenvalue weighted by atomic mass is 9.81. The summed E-state index contributed by atoms with van der Waals surface area (Å²) in [5.41, 5.74) is 1.82. The average Bonchev–Trinajstić information content (AvgIpc) is 3.58. The van der Waals surface area contributed by atoms with Crippen molar-refractivity contribution in [1.29, 1.82) is 0 Å². The molecule has 4 aliphatic rings. The minimum absolute atomic E-state index is 0.0490. The number of fused-ring (bicyclic) bond motifs is 5. The first-order valence-corrected chi connectivity index (χ1v) is 14.4. The molecule has 4 fully saturated rings. The van der Waals surface area contributed by atoms with Crippen LogP contribution in [-0.4, -0.2) is 39.9 Å². The van der Waals surface area contributed by atoms with Gasteiger partial charge in [0.25, 0.3) is 0 Å². The number of anilines is 2. The zero-order valence-electron chi connectivity index (χ0n) is 19.8. The highest BCUT2D eigenvalue weighted by atomic mass is 79.9. The van der Waals surface area contributed by atoms with Crippen LogP contribution in [0.15, 0.2) is 42.5 Å². The van der Waals surface area contributed by atoms with Crippen molar-refractivity contribution in [2.24, 2.45) is 29.6 Å². The SMILES string of the molecule is Cc1cc(OC(=O)[C@@H]2CC(=O)N(c3cccc(Cl)c3)C2)ccc1N1C(=O)[C@@H]2[C@H]3C[C@@H]([C@H](Br)[C@@H]3Br)[C@@H]2C1=O. The third kappa shape index (κ3) is 3.96. The summed E-state index contributed by atoms with van der Waals surface area (Å²) in [7, 11) is 0. The Morgan fingerprint density at radius 3 is 2.30 bits per heavy atom. The fourth-order valence-corrected chi connectivity index (χ4v) is 8.55. The standard InChI is InChI=1S/C27H23Br2ClN2O5/c1-12-7-16(37-27(36)13-8-20(33)31(11-13)15-4-2-3-14(30)9-15)5-6-19(12)32-25(34)21-17-10-18(22(21)26(32)35)24(29)23(17)28/h2-7,9,13,17-18,21-24H,8,10-11H2,1H3/t13-,17-,18-,21-,22+,23-,24+/m1/s1. The molecule has 2 heterocycles. The van der Waals surface area contributed by atoms with Crippen molar-refractivity contribution in [2.45, 2.75) is 29.4 Å². The predicted molar refractivity (Wildman–Crippen MR) is 145 cm³/mol. The van der Waals surface area contributed by atoms with E-state index in [0.717, 1.165) is 6.42 Å². The minimum atomic E-state index is -0.613. The Morgan fingerprint density at radius 2 is 1.68 bits per heavy atom. The lowest BCUT2D eigenvalue weighted by molar-refractivity contribution is -0.139. The third-order valence-corrected chi connectivity index (χ3v) is 11.6. The van der Waals surface area contributed by atoms with Gasteiger partial charge >= 0.3 is 5.97 Å². The highest BCUT2D eigenvalue weighted by molar-refractivity contribution is 9.12. The van der Waals surface area contributed by atoms with Gasteiger partial charge in [0.2, 0.25) is 17.7 Å². The van der Waals surface area contributed by atoms with Crippen molar-refractivity contribution >= 4 is 78.5 Å². The maximum absolute atomic E-state index is 13.4. The topological polar surface area (TPSA) is 84.0 Å². The van der Waals surface area contributed by atoms with Crippen LogP contribution in [0, 0.1) is 36.5 Å². The largest absolute Gasteiger partial charge is 0.426 e. The number of alkyl halides is 2. The zero-order valence-corrected chi connectivity index (χ0v) is 23.7. The molecule has 0 aromatic heterocycles. The number of hydrogen-bond acceptors (Lipinski definition) is 5. The molecule has 0 unspecified atom stereocenters. The van der Waals surface area contributed by atoms with Crippen LogP contribution in [0.4, 0.5) is 11.4 Å². The number of halogens is 3. The molecule has 37 heavy (non-hydrogen) atoms. The summed E-state index contributed by atoms with van der Waals surface area (Å²) in [6, 6.07) is 11.8. The third-order valence-electron chi connectivity index (χ3n) is 8.19. The van der Waals surface area contributed by atoms with Crippen LogP contribution >= 0.6 is 43.5 Å². The maximum Gasteiger partial charge on any atom is 0.316 e. The molecule has 2 saturated carbocycles. The quantitative estimate of drug-likeness (QED) is 0.204. The number of amides is 3. The number of benzene rings is 2. The van der Waals surface area contributed by atoms with Crippen molar-refractivity contribution in [2.75, 3.05) is 16.3 Å². The molecule has 2 aliphatic heterocycles. The van der Waals surface area contributed by atoms with Crippen molar-refractivity contribution in [3.05, 3.63) is 53.1 Å². The summed E-state index contributed by atoms with van der Waals surface area (Å²) in [4.78, 5) is 55.4. The van der Waals surface area contributed by atoms with E-state index in [2.05, 4.69) is 31.9 Å². The van der Waals surface area contributed by atoms with Crippen LogP contribution in [0.2, 0.25) is 5.02 Å². The van der Waals surface area contributed by atoms with Gasteiger partial charge in [-0.2, -0.15) is 0 Å². The Labute approximate surface area is 235 Å². The van der Waals surface area contributed by atoms with Gasteiger partial charge in [-0.1, -0.05) is 49.5 Å². The molecule has 2 aromatic carbocycles. The molecule has 2 aromatic rings. The van der Waals surface area contributed by atoms with E-state index in [1.165, 1.54) is 9.80 Å². The number of rotatable bonds is 4. The summed E-state index contributed by atoms with van der Waals surface area (Å²) >= 11 is 13.5.